The van der Waals surface area contributed by atoms with Gasteiger partial charge in [0, 0.05) is 25.2 Å². The third-order valence-corrected chi connectivity index (χ3v) is 5.55. The maximum Gasteiger partial charge on any atom is 0.326 e. The van der Waals surface area contributed by atoms with Crippen molar-refractivity contribution in [2.45, 2.75) is 52.0 Å². The summed E-state index contributed by atoms with van der Waals surface area (Å²) in [5.41, 5.74) is 1.99. The van der Waals surface area contributed by atoms with E-state index in [1.54, 1.807) is 12.1 Å². The number of carbonyl (C=O) groups excluding carboxylic acids is 2. The zero-order valence-electron chi connectivity index (χ0n) is 16.6. The molecule has 1 N–H and O–H groups in total. The second kappa shape index (κ2) is 8.63. The first kappa shape index (κ1) is 20.2. The van der Waals surface area contributed by atoms with Crippen molar-refractivity contribution in [3.05, 3.63) is 28.8 Å². The van der Waals surface area contributed by atoms with Crippen molar-refractivity contribution in [1.82, 2.24) is 9.80 Å². The fourth-order valence-electron chi connectivity index (χ4n) is 4.10. The zero-order chi connectivity index (χ0) is 20.3. The minimum Gasteiger partial charge on any atom is -0.483 e. The van der Waals surface area contributed by atoms with Gasteiger partial charge in [-0.25, -0.2) is 4.79 Å². The number of likely N-dealkylation sites (tertiary alicyclic amines) is 2. The Labute approximate surface area is 165 Å². The highest BCUT2D eigenvalue weighted by Gasteiger charge is 2.34. The van der Waals surface area contributed by atoms with Crippen LogP contribution in [0.1, 0.15) is 53.6 Å². The minimum atomic E-state index is -0.963. The SMILES string of the molecule is Cc1cc(C(=O)N2CCC[C@@H]2C(=O)O)cc(C)c1OCC(=O)N1CCCCC1. The molecule has 2 fully saturated rings. The Morgan fingerprint density at radius 2 is 1.68 bits per heavy atom. The first-order valence-corrected chi connectivity index (χ1v) is 9.94. The van der Waals surface area contributed by atoms with Gasteiger partial charge in [0.15, 0.2) is 6.61 Å². The molecule has 1 aromatic carbocycles. The molecule has 2 aliphatic heterocycles. The number of hydrogen-bond acceptors (Lipinski definition) is 4. The number of ether oxygens (including phenoxy) is 1. The molecule has 7 nitrogen and oxygen atoms in total. The van der Waals surface area contributed by atoms with E-state index in [4.69, 9.17) is 4.74 Å². The molecule has 2 amide bonds. The summed E-state index contributed by atoms with van der Waals surface area (Å²) in [7, 11) is 0. The molecule has 152 valence electrons. The van der Waals surface area contributed by atoms with Gasteiger partial charge in [-0.2, -0.15) is 0 Å². The van der Waals surface area contributed by atoms with Crippen molar-refractivity contribution in [2.24, 2.45) is 0 Å². The molecule has 7 heteroatoms. The third-order valence-electron chi connectivity index (χ3n) is 5.55. The van der Waals surface area contributed by atoms with Crippen molar-refractivity contribution < 1.29 is 24.2 Å². The van der Waals surface area contributed by atoms with Gasteiger partial charge in [-0.3, -0.25) is 9.59 Å². The van der Waals surface area contributed by atoms with Crippen molar-refractivity contribution in [2.75, 3.05) is 26.2 Å². The van der Waals surface area contributed by atoms with Crippen LogP contribution in [0, 0.1) is 13.8 Å². The van der Waals surface area contributed by atoms with E-state index in [0.29, 0.717) is 30.7 Å². The molecule has 28 heavy (non-hydrogen) atoms. The first-order chi connectivity index (χ1) is 13.4. The molecular weight excluding hydrogens is 360 g/mol. The van der Waals surface area contributed by atoms with E-state index in [1.165, 1.54) is 4.90 Å². The lowest BCUT2D eigenvalue weighted by Crippen LogP contribution is -2.40. The van der Waals surface area contributed by atoms with Crippen LogP contribution >= 0.6 is 0 Å². The number of nitrogens with zero attached hydrogens (tertiary/aromatic N) is 2. The molecule has 0 aliphatic carbocycles. The van der Waals surface area contributed by atoms with Gasteiger partial charge < -0.3 is 19.6 Å². The van der Waals surface area contributed by atoms with E-state index in [9.17, 15) is 19.5 Å². The van der Waals surface area contributed by atoms with Crippen LogP contribution in [0.25, 0.3) is 0 Å². The van der Waals surface area contributed by atoms with Gasteiger partial charge in [-0.15, -0.1) is 0 Å². The van der Waals surface area contributed by atoms with Crippen LogP contribution in [-0.2, 0) is 9.59 Å². The van der Waals surface area contributed by atoms with Crippen molar-refractivity contribution >= 4 is 17.8 Å². The van der Waals surface area contributed by atoms with E-state index in [-0.39, 0.29) is 18.4 Å². The molecule has 2 heterocycles. The summed E-state index contributed by atoms with van der Waals surface area (Å²) in [6.07, 6.45) is 4.42. The summed E-state index contributed by atoms with van der Waals surface area (Å²) in [5, 5.41) is 9.31. The summed E-state index contributed by atoms with van der Waals surface area (Å²) in [6, 6.07) is 2.67. The first-order valence-electron chi connectivity index (χ1n) is 9.94. The van der Waals surface area contributed by atoms with E-state index in [1.807, 2.05) is 18.7 Å². The van der Waals surface area contributed by atoms with Crippen molar-refractivity contribution in [3.8, 4) is 5.75 Å². The molecule has 0 saturated carbocycles. The lowest BCUT2D eigenvalue weighted by Gasteiger charge is -2.27. The zero-order valence-corrected chi connectivity index (χ0v) is 16.6. The maximum atomic E-state index is 12.8. The molecule has 1 atom stereocenters. The fraction of sp³-hybridized carbons (Fsp3) is 0.571. The van der Waals surface area contributed by atoms with Gasteiger partial charge in [-0.1, -0.05) is 0 Å². The highest BCUT2D eigenvalue weighted by molar-refractivity contribution is 5.97. The van der Waals surface area contributed by atoms with Gasteiger partial charge >= 0.3 is 5.97 Å². The average molecular weight is 388 g/mol. The van der Waals surface area contributed by atoms with Crippen molar-refractivity contribution in [1.29, 1.82) is 0 Å². The van der Waals surface area contributed by atoms with E-state index in [2.05, 4.69) is 0 Å². The molecule has 0 aromatic heterocycles. The van der Waals surface area contributed by atoms with E-state index in [0.717, 1.165) is 43.5 Å². The van der Waals surface area contributed by atoms with Crippen LogP contribution < -0.4 is 4.74 Å². The number of aryl methyl sites for hydroxylation is 2. The number of carboxylic acid groups (broad SMARTS) is 1. The lowest BCUT2D eigenvalue weighted by atomic mass is 10.0. The fourth-order valence-corrected chi connectivity index (χ4v) is 4.10. The number of benzene rings is 1. The molecule has 0 unspecified atom stereocenters. The van der Waals surface area contributed by atoms with E-state index < -0.39 is 12.0 Å². The number of piperidine rings is 1. The van der Waals surface area contributed by atoms with Crippen LogP contribution in [0.5, 0.6) is 5.75 Å². The minimum absolute atomic E-state index is 0.0117. The average Bonchev–Trinajstić information content (AvgIpc) is 3.17. The maximum absolute atomic E-state index is 12.8. The van der Waals surface area contributed by atoms with Crippen molar-refractivity contribution in [3.63, 3.8) is 0 Å². The molecule has 1 aromatic rings. The number of carbonyl (C=O) groups is 3. The predicted molar refractivity (Wildman–Crippen MR) is 104 cm³/mol. The summed E-state index contributed by atoms with van der Waals surface area (Å²) in [5.74, 6) is -0.638. The highest BCUT2D eigenvalue weighted by atomic mass is 16.5. The number of rotatable bonds is 5. The largest absolute Gasteiger partial charge is 0.483 e. The Hall–Kier alpha value is -2.57. The summed E-state index contributed by atoms with van der Waals surface area (Å²) in [4.78, 5) is 39.8. The standard InChI is InChI=1S/C21H28N2O5/c1-14-11-16(20(25)23-10-6-7-17(23)21(26)27)12-15(2)19(14)28-13-18(24)22-8-4-3-5-9-22/h11-12,17H,3-10,13H2,1-2H3,(H,26,27)/t17-/m1/s1. The Morgan fingerprint density at radius 3 is 2.29 bits per heavy atom. The Balaban J connectivity index is 1.69. The smallest absolute Gasteiger partial charge is 0.326 e. The molecular formula is C21H28N2O5. The molecule has 2 saturated heterocycles. The summed E-state index contributed by atoms with van der Waals surface area (Å²) >= 11 is 0. The Bertz CT molecular complexity index is 747. The topological polar surface area (TPSA) is 87.1 Å². The molecule has 2 aliphatic rings. The van der Waals surface area contributed by atoms with Gasteiger partial charge in [0.2, 0.25) is 0 Å². The normalized spacial score (nSPS) is 19.6. The monoisotopic (exact) mass is 388 g/mol. The van der Waals surface area contributed by atoms with Gasteiger partial charge in [0.25, 0.3) is 11.8 Å². The van der Waals surface area contributed by atoms with Crippen LogP contribution in [0.3, 0.4) is 0 Å². The van der Waals surface area contributed by atoms with Crippen LogP contribution in [0.15, 0.2) is 12.1 Å². The molecule has 0 spiro atoms. The van der Waals surface area contributed by atoms with E-state index >= 15 is 0 Å². The summed E-state index contributed by atoms with van der Waals surface area (Å²) < 4.78 is 5.79. The quantitative estimate of drug-likeness (QED) is 0.837. The predicted octanol–water partition coefficient (Wildman–Crippen LogP) is 2.38. The number of carboxylic acids is 1. The molecule has 0 bridgehead atoms. The van der Waals surface area contributed by atoms with Gasteiger partial charge in [-0.05, 0) is 69.2 Å². The van der Waals surface area contributed by atoms with Crippen LogP contribution in [0.4, 0.5) is 0 Å². The summed E-state index contributed by atoms with van der Waals surface area (Å²) in [6.45, 7) is 5.69. The third kappa shape index (κ3) is 4.29. The molecule has 0 radical (unpaired) electrons. The number of amides is 2. The second-order valence-electron chi connectivity index (χ2n) is 7.66. The van der Waals surface area contributed by atoms with Crippen LogP contribution in [0.2, 0.25) is 0 Å². The molecule has 3 rings (SSSR count). The number of aliphatic carboxylic acids is 1. The highest BCUT2D eigenvalue weighted by Crippen LogP contribution is 2.27. The van der Waals surface area contributed by atoms with Crippen LogP contribution in [-0.4, -0.2) is 65.0 Å². The Morgan fingerprint density at radius 1 is 1.04 bits per heavy atom. The lowest BCUT2D eigenvalue weighted by molar-refractivity contribution is -0.141. The van der Waals surface area contributed by atoms with Gasteiger partial charge in [0.05, 0.1) is 0 Å². The number of hydrogen-bond donors (Lipinski definition) is 1. The second-order valence-corrected chi connectivity index (χ2v) is 7.66. The Kier molecular flexibility index (Phi) is 6.21. The van der Waals surface area contributed by atoms with Gasteiger partial charge in [0.1, 0.15) is 11.8 Å².